The van der Waals surface area contributed by atoms with Gasteiger partial charge in [0.05, 0.1) is 6.04 Å². The van der Waals surface area contributed by atoms with E-state index < -0.39 is 23.0 Å². The van der Waals surface area contributed by atoms with Gasteiger partial charge in [-0.3, -0.25) is 0 Å². The monoisotopic (exact) mass is 304 g/mol. The Bertz CT molecular complexity index is 607. The van der Waals surface area contributed by atoms with E-state index in [4.69, 9.17) is 0 Å². The van der Waals surface area contributed by atoms with Crippen molar-refractivity contribution < 1.29 is 17.6 Å². The average Bonchev–Trinajstić information content (AvgIpc) is 2.84. The number of hydrogen-bond acceptors (Lipinski definition) is 3. The van der Waals surface area contributed by atoms with E-state index in [0.29, 0.717) is 21.8 Å². The fourth-order valence-electron chi connectivity index (χ4n) is 1.89. The first-order valence-corrected chi connectivity index (χ1v) is 6.61. The van der Waals surface area contributed by atoms with E-state index in [1.807, 2.05) is 0 Å². The van der Waals surface area contributed by atoms with Crippen LogP contribution >= 0.6 is 11.3 Å². The number of hydrogen-bond donors (Lipinski definition) is 1. The van der Waals surface area contributed by atoms with Gasteiger partial charge in [-0.2, -0.15) is 13.2 Å². The molecule has 108 valence electrons. The Balaban J connectivity index is 2.42. The maximum absolute atomic E-state index is 13.9. The molecule has 1 aromatic heterocycles. The van der Waals surface area contributed by atoms with E-state index in [0.717, 1.165) is 11.8 Å². The summed E-state index contributed by atoms with van der Waals surface area (Å²) in [4.78, 5) is 3.69. The molecule has 0 aliphatic rings. The number of aromatic nitrogens is 1. The molecule has 0 saturated heterocycles. The molecule has 2 aromatic rings. The van der Waals surface area contributed by atoms with E-state index in [-0.39, 0.29) is 0 Å². The third-order valence-corrected chi connectivity index (χ3v) is 3.91. The molecule has 1 unspecified atom stereocenters. The van der Waals surface area contributed by atoms with Crippen molar-refractivity contribution in [1.29, 1.82) is 0 Å². The molecule has 7 heteroatoms. The van der Waals surface area contributed by atoms with Gasteiger partial charge in [0, 0.05) is 16.6 Å². The van der Waals surface area contributed by atoms with Gasteiger partial charge in [-0.1, -0.05) is 17.7 Å². The molecule has 1 atom stereocenters. The predicted molar refractivity (Wildman–Crippen MR) is 69.2 cm³/mol. The normalized spacial score (nSPS) is 13.5. The summed E-state index contributed by atoms with van der Waals surface area (Å²) in [5, 5.41) is 1.90. The lowest BCUT2D eigenvalue weighted by molar-refractivity contribution is -0.137. The van der Waals surface area contributed by atoms with Crippen molar-refractivity contribution in [3.8, 4) is 0 Å². The Kier molecular flexibility index (Phi) is 4.10. The smallest absolute Gasteiger partial charge is 0.309 e. The number of halogens is 4. The third kappa shape index (κ3) is 2.99. The zero-order valence-electron chi connectivity index (χ0n) is 10.8. The number of aryl methyl sites for hydroxylation is 1. The molecule has 2 nitrogen and oxygen atoms in total. The minimum Gasteiger partial charge on any atom is -0.309 e. The third-order valence-electron chi connectivity index (χ3n) is 2.80. The van der Waals surface area contributed by atoms with Gasteiger partial charge in [0.25, 0.3) is 0 Å². The van der Waals surface area contributed by atoms with Crippen LogP contribution in [0.5, 0.6) is 0 Å². The van der Waals surface area contributed by atoms with E-state index in [2.05, 4.69) is 10.3 Å². The summed E-state index contributed by atoms with van der Waals surface area (Å²) in [6.45, 7) is 1.80. The second kappa shape index (κ2) is 5.49. The summed E-state index contributed by atoms with van der Waals surface area (Å²) in [5.74, 6) is -0.461. The molecule has 20 heavy (non-hydrogen) atoms. The molecule has 1 N–H and O–H groups in total. The van der Waals surface area contributed by atoms with E-state index >= 15 is 0 Å². The van der Waals surface area contributed by atoms with Crippen LogP contribution in [0, 0.1) is 12.7 Å². The van der Waals surface area contributed by atoms with Gasteiger partial charge in [0.1, 0.15) is 5.82 Å². The maximum Gasteiger partial charge on any atom is 0.443 e. The number of thiazole rings is 1. The zero-order valence-corrected chi connectivity index (χ0v) is 11.6. The van der Waals surface area contributed by atoms with Gasteiger partial charge in [-0.05, 0) is 20.0 Å². The van der Waals surface area contributed by atoms with E-state index in [1.54, 1.807) is 26.1 Å². The summed E-state index contributed by atoms with van der Waals surface area (Å²) >= 11 is 0.517. The van der Waals surface area contributed by atoms with Crippen molar-refractivity contribution in [2.24, 2.45) is 0 Å². The van der Waals surface area contributed by atoms with Gasteiger partial charge in [0.2, 0.25) is 0 Å². The number of nitrogens with zero attached hydrogens (tertiary/aromatic N) is 1. The molecule has 1 heterocycles. The van der Waals surface area contributed by atoms with E-state index in [1.165, 1.54) is 6.07 Å². The molecule has 0 spiro atoms. The molecule has 0 aliphatic heterocycles. The Hall–Kier alpha value is -1.47. The van der Waals surface area contributed by atoms with Crippen molar-refractivity contribution in [2.45, 2.75) is 19.1 Å². The molecular weight excluding hydrogens is 292 g/mol. The van der Waals surface area contributed by atoms with Crippen molar-refractivity contribution in [2.75, 3.05) is 7.05 Å². The molecule has 0 fully saturated rings. The lowest BCUT2D eigenvalue weighted by atomic mass is 10.0. The number of rotatable bonds is 3. The lowest BCUT2D eigenvalue weighted by Gasteiger charge is -2.16. The summed E-state index contributed by atoms with van der Waals surface area (Å²) in [6.07, 6.45) is -3.34. The highest BCUT2D eigenvalue weighted by Gasteiger charge is 2.35. The second-order valence-corrected chi connectivity index (χ2v) is 5.37. The number of nitrogens with one attached hydrogen (secondary N) is 1. The first-order valence-electron chi connectivity index (χ1n) is 5.79. The molecule has 0 amide bonds. The van der Waals surface area contributed by atoms with Crippen molar-refractivity contribution in [1.82, 2.24) is 10.3 Å². The molecule has 0 radical (unpaired) electrons. The van der Waals surface area contributed by atoms with Crippen LogP contribution in [-0.4, -0.2) is 12.0 Å². The Morgan fingerprint density at radius 2 is 2.00 bits per heavy atom. The number of benzene rings is 1. The molecule has 0 bridgehead atoms. The minimum atomic E-state index is -4.48. The molecule has 0 saturated carbocycles. The van der Waals surface area contributed by atoms with Crippen LogP contribution in [0.2, 0.25) is 0 Å². The molecule has 1 aromatic carbocycles. The minimum absolute atomic E-state index is 0.310. The summed E-state index contributed by atoms with van der Waals surface area (Å²) in [5.41, 5.74) is 1.15. The second-order valence-electron chi connectivity index (χ2n) is 4.31. The van der Waals surface area contributed by atoms with Crippen molar-refractivity contribution in [3.05, 3.63) is 51.2 Å². The first kappa shape index (κ1) is 14.9. The largest absolute Gasteiger partial charge is 0.443 e. The SMILES string of the molecule is CNC(c1cnc(C(F)(F)F)s1)c1cc(C)ccc1F. The lowest BCUT2D eigenvalue weighted by Crippen LogP contribution is -2.18. The van der Waals surface area contributed by atoms with Crippen LogP contribution in [0.15, 0.2) is 24.4 Å². The van der Waals surface area contributed by atoms with Crippen LogP contribution < -0.4 is 5.32 Å². The molecule has 0 aliphatic carbocycles. The quantitative estimate of drug-likeness (QED) is 0.869. The summed E-state index contributed by atoms with van der Waals surface area (Å²) in [7, 11) is 1.57. The first-order chi connectivity index (χ1) is 9.32. The maximum atomic E-state index is 13.9. The Morgan fingerprint density at radius 3 is 2.55 bits per heavy atom. The van der Waals surface area contributed by atoms with Crippen LogP contribution in [-0.2, 0) is 6.18 Å². The molecule has 2 rings (SSSR count). The Morgan fingerprint density at radius 1 is 1.30 bits per heavy atom. The van der Waals surface area contributed by atoms with Crippen LogP contribution in [0.4, 0.5) is 17.6 Å². The summed E-state index contributed by atoms with van der Waals surface area (Å²) in [6, 6.07) is 3.88. The highest BCUT2D eigenvalue weighted by Crippen LogP contribution is 2.36. The van der Waals surface area contributed by atoms with E-state index in [9.17, 15) is 17.6 Å². The predicted octanol–water partition coefficient (Wildman–Crippen LogP) is 3.92. The number of alkyl halides is 3. The van der Waals surface area contributed by atoms with Gasteiger partial charge in [-0.15, -0.1) is 11.3 Å². The van der Waals surface area contributed by atoms with Crippen LogP contribution in [0.3, 0.4) is 0 Å². The molecular formula is C13H12F4N2S. The van der Waals surface area contributed by atoms with Gasteiger partial charge < -0.3 is 5.32 Å². The summed E-state index contributed by atoms with van der Waals surface area (Å²) < 4.78 is 51.6. The van der Waals surface area contributed by atoms with Gasteiger partial charge >= 0.3 is 6.18 Å². The highest BCUT2D eigenvalue weighted by atomic mass is 32.1. The highest BCUT2D eigenvalue weighted by molar-refractivity contribution is 7.11. The Labute approximate surface area is 117 Å². The van der Waals surface area contributed by atoms with Crippen molar-refractivity contribution in [3.63, 3.8) is 0 Å². The van der Waals surface area contributed by atoms with Gasteiger partial charge in [0.15, 0.2) is 5.01 Å². The zero-order chi connectivity index (χ0) is 14.9. The standard InChI is InChI=1S/C13H12F4N2S/c1-7-3-4-9(14)8(5-7)11(18-2)10-6-19-12(20-10)13(15,16)17/h3-6,11,18H,1-2H3. The fourth-order valence-corrected chi connectivity index (χ4v) is 2.80. The average molecular weight is 304 g/mol. The topological polar surface area (TPSA) is 24.9 Å². The van der Waals surface area contributed by atoms with Crippen LogP contribution in [0.25, 0.3) is 0 Å². The fraction of sp³-hybridized carbons (Fsp3) is 0.308. The van der Waals surface area contributed by atoms with Crippen LogP contribution in [0.1, 0.15) is 27.1 Å². The van der Waals surface area contributed by atoms with Crippen molar-refractivity contribution >= 4 is 11.3 Å². The van der Waals surface area contributed by atoms with Gasteiger partial charge in [-0.25, -0.2) is 9.37 Å².